The molecule has 156 valence electrons. The number of benzene rings is 1. The average molecular weight is 408 g/mol. The second-order valence-corrected chi connectivity index (χ2v) is 7.16. The molecule has 0 amide bonds. The molecule has 1 unspecified atom stereocenters. The lowest BCUT2D eigenvalue weighted by Gasteiger charge is -2.21. The van der Waals surface area contributed by atoms with Crippen molar-refractivity contribution in [1.29, 1.82) is 0 Å². The molecule has 0 radical (unpaired) electrons. The van der Waals surface area contributed by atoms with Crippen molar-refractivity contribution in [2.75, 3.05) is 7.11 Å². The molecule has 7 heteroatoms. The number of hydrogen-bond donors (Lipinski definition) is 2. The van der Waals surface area contributed by atoms with Gasteiger partial charge in [-0.3, -0.25) is 4.79 Å². The second-order valence-electron chi connectivity index (χ2n) is 7.16. The number of aliphatic hydroxyl groups is 1. The second kappa shape index (κ2) is 7.91. The van der Waals surface area contributed by atoms with Gasteiger partial charge in [0, 0.05) is 17.0 Å². The van der Waals surface area contributed by atoms with E-state index in [9.17, 15) is 14.7 Å². The standard InChI is InChI=1S/C21H18N2O5.C2H6/c1-27-12-5-10-3-2-4-11-6-15(22-17(7-12)18(10)11)16-8-13-14(20(25)23-16)9-28-21(26)19(13)24;1-2/h5-8,19,24H,2-4,9H2,1H3,(H,23,25);1-2H3. The van der Waals surface area contributed by atoms with Crippen molar-refractivity contribution in [3.8, 4) is 17.1 Å². The van der Waals surface area contributed by atoms with Gasteiger partial charge in [-0.1, -0.05) is 13.8 Å². The molecule has 2 aromatic heterocycles. The third-order valence-corrected chi connectivity index (χ3v) is 5.50. The number of hydrogen-bond acceptors (Lipinski definition) is 6. The lowest BCUT2D eigenvalue weighted by atomic mass is 9.89. The van der Waals surface area contributed by atoms with Crippen molar-refractivity contribution in [2.45, 2.75) is 45.8 Å². The van der Waals surface area contributed by atoms with Crippen LogP contribution in [0.5, 0.6) is 5.75 Å². The number of fused-ring (bicyclic) bond motifs is 1. The van der Waals surface area contributed by atoms with E-state index in [1.165, 1.54) is 11.1 Å². The maximum atomic E-state index is 12.5. The number of aromatic nitrogens is 2. The van der Waals surface area contributed by atoms with Crippen molar-refractivity contribution < 1.29 is 19.4 Å². The number of nitrogens with zero attached hydrogens (tertiary/aromatic N) is 1. The number of H-pyrrole nitrogens is 1. The SMILES string of the molecule is CC.COc1cc2c3c(cc(-c4cc5c(c(=O)[nH]4)COC(=O)C5O)nc3c1)CCC2. The Hall–Kier alpha value is -3.19. The summed E-state index contributed by atoms with van der Waals surface area (Å²) in [5, 5.41) is 11.3. The molecule has 2 N–H and O–H groups in total. The van der Waals surface area contributed by atoms with Crippen LogP contribution in [0.3, 0.4) is 0 Å². The number of cyclic esters (lactones) is 1. The molecule has 7 nitrogen and oxygen atoms in total. The van der Waals surface area contributed by atoms with E-state index >= 15 is 0 Å². The zero-order valence-electron chi connectivity index (χ0n) is 17.2. The van der Waals surface area contributed by atoms with Crippen molar-refractivity contribution in [3.05, 3.63) is 56.9 Å². The van der Waals surface area contributed by atoms with Crippen LogP contribution in [0.15, 0.2) is 29.1 Å². The predicted octanol–water partition coefficient (Wildman–Crippen LogP) is 3.20. The summed E-state index contributed by atoms with van der Waals surface area (Å²) in [5.41, 5.74) is 4.40. The summed E-state index contributed by atoms with van der Waals surface area (Å²) in [6.45, 7) is 3.86. The van der Waals surface area contributed by atoms with E-state index in [0.29, 0.717) is 11.4 Å². The fraction of sp³-hybridized carbons (Fsp3) is 0.348. The van der Waals surface area contributed by atoms with Gasteiger partial charge in [-0.15, -0.1) is 0 Å². The van der Waals surface area contributed by atoms with E-state index in [1.54, 1.807) is 13.2 Å². The fourth-order valence-electron chi connectivity index (χ4n) is 4.12. The van der Waals surface area contributed by atoms with Crippen molar-refractivity contribution >= 4 is 16.9 Å². The summed E-state index contributed by atoms with van der Waals surface area (Å²) in [5.74, 6) is -0.00269. The van der Waals surface area contributed by atoms with Crippen LogP contribution in [-0.2, 0) is 29.0 Å². The lowest BCUT2D eigenvalue weighted by molar-refractivity contribution is -0.157. The lowest BCUT2D eigenvalue weighted by Crippen LogP contribution is -2.29. The van der Waals surface area contributed by atoms with Gasteiger partial charge in [-0.25, -0.2) is 9.78 Å². The van der Waals surface area contributed by atoms with Crippen LogP contribution in [0.1, 0.15) is 48.6 Å². The van der Waals surface area contributed by atoms with E-state index < -0.39 is 12.1 Å². The maximum Gasteiger partial charge on any atom is 0.340 e. The zero-order valence-corrected chi connectivity index (χ0v) is 17.2. The summed E-state index contributed by atoms with van der Waals surface area (Å²) in [7, 11) is 1.63. The molecule has 2 aliphatic rings. The number of carbonyl (C=O) groups excluding carboxylic acids is 1. The number of carbonyl (C=O) groups is 1. The molecular weight excluding hydrogens is 384 g/mol. The van der Waals surface area contributed by atoms with Gasteiger partial charge in [0.25, 0.3) is 5.56 Å². The third-order valence-electron chi connectivity index (χ3n) is 5.50. The number of pyridine rings is 2. The smallest absolute Gasteiger partial charge is 0.340 e. The van der Waals surface area contributed by atoms with Crippen molar-refractivity contribution in [3.63, 3.8) is 0 Å². The first-order valence-electron chi connectivity index (χ1n) is 10.2. The molecule has 1 aromatic carbocycles. The van der Waals surface area contributed by atoms with E-state index in [0.717, 1.165) is 35.9 Å². The molecule has 1 atom stereocenters. The molecule has 5 rings (SSSR count). The van der Waals surface area contributed by atoms with Gasteiger partial charge in [0.15, 0.2) is 6.10 Å². The fourth-order valence-corrected chi connectivity index (χ4v) is 4.12. The molecule has 0 saturated carbocycles. The molecule has 3 heterocycles. The number of aryl methyl sites for hydroxylation is 2. The Balaban J connectivity index is 0.00000106. The Labute approximate surface area is 173 Å². The minimum atomic E-state index is -1.46. The molecular formula is C23H24N2O5. The first-order valence-corrected chi connectivity index (χ1v) is 10.2. The van der Waals surface area contributed by atoms with Crippen molar-refractivity contribution in [2.24, 2.45) is 0 Å². The van der Waals surface area contributed by atoms with Gasteiger partial charge >= 0.3 is 5.97 Å². The van der Waals surface area contributed by atoms with Crippen LogP contribution in [0, 0.1) is 0 Å². The first kappa shape index (κ1) is 20.1. The van der Waals surface area contributed by atoms with Crippen LogP contribution < -0.4 is 10.3 Å². The summed E-state index contributed by atoms with van der Waals surface area (Å²) in [6, 6.07) is 7.53. The molecule has 3 aromatic rings. The first-order chi connectivity index (χ1) is 14.5. The molecule has 1 aliphatic heterocycles. The van der Waals surface area contributed by atoms with E-state index in [-0.39, 0.29) is 23.3 Å². The van der Waals surface area contributed by atoms with Crippen LogP contribution >= 0.6 is 0 Å². The Bertz CT molecular complexity index is 1200. The van der Waals surface area contributed by atoms with Crippen LogP contribution in [0.2, 0.25) is 0 Å². The normalized spacial score (nSPS) is 16.9. The van der Waals surface area contributed by atoms with Crippen molar-refractivity contribution in [1.82, 2.24) is 9.97 Å². The van der Waals surface area contributed by atoms with Crippen LogP contribution in [-0.4, -0.2) is 28.2 Å². The summed E-state index contributed by atoms with van der Waals surface area (Å²) in [6.07, 6.45) is 1.47. The Kier molecular flexibility index (Phi) is 5.30. The number of esters is 1. The number of aromatic amines is 1. The number of ether oxygens (including phenoxy) is 2. The quantitative estimate of drug-likeness (QED) is 0.632. The van der Waals surface area contributed by atoms with Gasteiger partial charge in [0.1, 0.15) is 12.4 Å². The van der Waals surface area contributed by atoms with E-state index in [4.69, 9.17) is 14.5 Å². The highest BCUT2D eigenvalue weighted by molar-refractivity contribution is 5.90. The highest BCUT2D eigenvalue weighted by Gasteiger charge is 2.30. The van der Waals surface area contributed by atoms with Gasteiger partial charge in [0.05, 0.1) is 29.6 Å². The summed E-state index contributed by atoms with van der Waals surface area (Å²) >= 11 is 0. The Morgan fingerprint density at radius 3 is 2.60 bits per heavy atom. The zero-order chi connectivity index (χ0) is 21.4. The largest absolute Gasteiger partial charge is 0.497 e. The monoisotopic (exact) mass is 408 g/mol. The number of aliphatic hydroxyl groups excluding tert-OH is 1. The molecule has 0 bridgehead atoms. The highest BCUT2D eigenvalue weighted by Crippen LogP contribution is 2.35. The van der Waals surface area contributed by atoms with Gasteiger partial charge < -0.3 is 19.6 Å². The average Bonchev–Trinajstić information content (AvgIpc) is 2.77. The van der Waals surface area contributed by atoms with Gasteiger partial charge in [-0.05, 0) is 48.6 Å². The highest BCUT2D eigenvalue weighted by atomic mass is 16.5. The van der Waals surface area contributed by atoms with Gasteiger partial charge in [-0.2, -0.15) is 0 Å². The van der Waals surface area contributed by atoms with E-state index in [1.807, 2.05) is 26.0 Å². The van der Waals surface area contributed by atoms with Crippen LogP contribution in [0.25, 0.3) is 22.3 Å². The Morgan fingerprint density at radius 1 is 1.13 bits per heavy atom. The maximum absolute atomic E-state index is 12.5. The van der Waals surface area contributed by atoms with Gasteiger partial charge in [0.2, 0.25) is 0 Å². The molecule has 30 heavy (non-hydrogen) atoms. The summed E-state index contributed by atoms with van der Waals surface area (Å²) in [4.78, 5) is 31.7. The third kappa shape index (κ3) is 3.25. The molecule has 0 spiro atoms. The van der Waals surface area contributed by atoms with Crippen LogP contribution in [0.4, 0.5) is 0 Å². The predicted molar refractivity (Wildman–Crippen MR) is 112 cm³/mol. The minimum absolute atomic E-state index is 0.141. The number of methoxy groups -OCH3 is 1. The minimum Gasteiger partial charge on any atom is -0.497 e. The summed E-state index contributed by atoms with van der Waals surface area (Å²) < 4.78 is 10.3. The number of rotatable bonds is 2. The van der Waals surface area contributed by atoms with E-state index in [2.05, 4.69) is 11.1 Å². The molecule has 1 aliphatic carbocycles. The topological polar surface area (TPSA) is 102 Å². The molecule has 0 saturated heterocycles. The number of nitrogens with one attached hydrogen (secondary N) is 1. The Morgan fingerprint density at radius 2 is 1.87 bits per heavy atom. The molecule has 0 fully saturated rings.